The van der Waals surface area contributed by atoms with Crippen molar-refractivity contribution in [2.75, 3.05) is 12.9 Å². The smallest absolute Gasteiger partial charge is 0.306 e. The second kappa shape index (κ2) is 10.2. The van der Waals surface area contributed by atoms with Gasteiger partial charge in [-0.25, -0.2) is 22.5 Å². The van der Waals surface area contributed by atoms with E-state index in [2.05, 4.69) is 25.1 Å². The fraction of sp³-hybridized carbons (Fsp3) is 0.208. The van der Waals surface area contributed by atoms with Crippen molar-refractivity contribution in [3.05, 3.63) is 78.1 Å². The lowest BCUT2D eigenvalue weighted by Crippen LogP contribution is -2.28. The Labute approximate surface area is 206 Å². The number of hydrogen-bond acceptors (Lipinski definition) is 8. The van der Waals surface area contributed by atoms with Crippen molar-refractivity contribution in [2.24, 2.45) is 0 Å². The zero-order valence-corrected chi connectivity index (χ0v) is 20.2. The number of fused-ring (bicyclic) bond motifs is 1. The second-order valence-electron chi connectivity index (χ2n) is 7.89. The molecule has 186 valence electrons. The molecule has 0 radical (unpaired) electrons. The van der Waals surface area contributed by atoms with E-state index in [9.17, 15) is 22.4 Å². The molecule has 0 bridgehead atoms. The molecule has 0 aliphatic carbocycles. The number of esters is 1. The monoisotopic (exact) mass is 511 g/mol. The molecule has 0 aliphatic rings. The van der Waals surface area contributed by atoms with Crippen LogP contribution >= 0.6 is 0 Å². The fourth-order valence-corrected chi connectivity index (χ4v) is 4.70. The Hall–Kier alpha value is -4.19. The number of aromatic nitrogens is 4. The Morgan fingerprint density at radius 2 is 1.86 bits per heavy atom. The lowest BCUT2D eigenvalue weighted by Gasteiger charge is -2.15. The molecule has 0 saturated carbocycles. The van der Waals surface area contributed by atoms with Crippen molar-refractivity contribution in [3.8, 4) is 5.69 Å². The van der Waals surface area contributed by atoms with Gasteiger partial charge in [0.1, 0.15) is 5.82 Å². The summed E-state index contributed by atoms with van der Waals surface area (Å²) in [6, 6.07) is 9.55. The molecule has 4 rings (SSSR count). The van der Waals surface area contributed by atoms with Crippen LogP contribution in [0.4, 0.5) is 4.39 Å². The average Bonchev–Trinajstić information content (AvgIpc) is 3.32. The molecule has 0 spiro atoms. The Morgan fingerprint density at radius 3 is 2.58 bits per heavy atom. The number of methoxy groups -OCH3 is 1. The van der Waals surface area contributed by atoms with Gasteiger partial charge in [-0.15, -0.1) is 0 Å². The molecular weight excluding hydrogens is 489 g/mol. The van der Waals surface area contributed by atoms with Crippen LogP contribution in [0.3, 0.4) is 0 Å². The molecular formula is C24H22FN5O5S. The summed E-state index contributed by atoms with van der Waals surface area (Å²) in [7, 11) is -2.64. The topological polar surface area (TPSA) is 133 Å². The zero-order valence-electron chi connectivity index (χ0n) is 19.4. The van der Waals surface area contributed by atoms with Crippen LogP contribution in [0.15, 0.2) is 66.1 Å². The number of nitrogens with one attached hydrogen (secondary N) is 1. The highest BCUT2D eigenvalue weighted by molar-refractivity contribution is 7.91. The van der Waals surface area contributed by atoms with Crippen LogP contribution in [-0.4, -0.2) is 52.9 Å². The standard InChI is InChI=1S/C24H22FN5O5S/c1-15(20-4-3-5-22(29-20)36(33,34)11-10-23(31)35-2)28-24(32)19-12-26-14-21-18(19)13-27-30(21)17-8-6-16(25)7-9-17/h3-9,12-15H,10-11H2,1-2H3,(H,28,32). The zero-order chi connectivity index (χ0) is 25.9. The summed E-state index contributed by atoms with van der Waals surface area (Å²) < 4.78 is 44.5. The molecule has 3 heterocycles. The fourth-order valence-electron chi connectivity index (χ4n) is 3.53. The van der Waals surface area contributed by atoms with Gasteiger partial charge in [0.15, 0.2) is 14.9 Å². The Morgan fingerprint density at radius 1 is 1.11 bits per heavy atom. The number of pyridine rings is 2. The van der Waals surface area contributed by atoms with Gasteiger partial charge in [0.25, 0.3) is 5.91 Å². The number of carbonyl (C=O) groups excluding carboxylic acids is 2. The van der Waals surface area contributed by atoms with E-state index in [1.54, 1.807) is 36.0 Å². The van der Waals surface area contributed by atoms with Gasteiger partial charge < -0.3 is 10.1 Å². The van der Waals surface area contributed by atoms with Crippen LogP contribution in [0, 0.1) is 5.82 Å². The van der Waals surface area contributed by atoms with Gasteiger partial charge in [-0.1, -0.05) is 6.07 Å². The highest BCUT2D eigenvalue weighted by atomic mass is 32.2. The molecule has 10 nitrogen and oxygen atoms in total. The molecule has 4 aromatic rings. The molecule has 1 amide bonds. The van der Waals surface area contributed by atoms with Crippen molar-refractivity contribution in [1.29, 1.82) is 0 Å². The Kier molecular flexibility index (Phi) is 7.06. The van der Waals surface area contributed by atoms with Crippen molar-refractivity contribution in [1.82, 2.24) is 25.1 Å². The molecule has 12 heteroatoms. The van der Waals surface area contributed by atoms with Gasteiger partial charge in [0.05, 0.1) is 60.2 Å². The van der Waals surface area contributed by atoms with Crippen LogP contribution < -0.4 is 5.32 Å². The van der Waals surface area contributed by atoms with Crippen LogP contribution in [0.25, 0.3) is 16.6 Å². The van der Waals surface area contributed by atoms with E-state index in [1.807, 2.05) is 0 Å². The highest BCUT2D eigenvalue weighted by Crippen LogP contribution is 2.22. The maximum absolute atomic E-state index is 13.3. The van der Waals surface area contributed by atoms with Gasteiger partial charge >= 0.3 is 5.97 Å². The van der Waals surface area contributed by atoms with Crippen molar-refractivity contribution in [3.63, 3.8) is 0 Å². The first-order valence-corrected chi connectivity index (χ1v) is 12.5. The molecule has 0 aliphatic heterocycles. The van der Waals surface area contributed by atoms with Gasteiger partial charge in [-0.3, -0.25) is 14.6 Å². The first kappa shape index (κ1) is 24.9. The number of nitrogens with zero attached hydrogens (tertiary/aromatic N) is 4. The van der Waals surface area contributed by atoms with Crippen LogP contribution in [0.5, 0.6) is 0 Å². The van der Waals surface area contributed by atoms with E-state index in [1.165, 1.54) is 43.8 Å². The molecule has 0 fully saturated rings. The first-order chi connectivity index (χ1) is 17.2. The highest BCUT2D eigenvalue weighted by Gasteiger charge is 2.22. The summed E-state index contributed by atoms with van der Waals surface area (Å²) in [5.74, 6) is -1.92. The van der Waals surface area contributed by atoms with E-state index in [4.69, 9.17) is 0 Å². The van der Waals surface area contributed by atoms with E-state index < -0.39 is 33.5 Å². The SMILES string of the molecule is COC(=O)CCS(=O)(=O)c1cccc(C(C)NC(=O)c2cncc3c2cnn3-c2ccc(F)cc2)n1. The minimum Gasteiger partial charge on any atom is -0.469 e. The largest absolute Gasteiger partial charge is 0.469 e. The summed E-state index contributed by atoms with van der Waals surface area (Å²) in [5, 5.41) is 7.45. The van der Waals surface area contributed by atoms with Gasteiger partial charge in [-0.05, 0) is 43.3 Å². The van der Waals surface area contributed by atoms with Gasteiger partial charge in [0, 0.05) is 11.6 Å². The maximum Gasteiger partial charge on any atom is 0.306 e. The lowest BCUT2D eigenvalue weighted by atomic mass is 10.1. The van der Waals surface area contributed by atoms with Crippen LogP contribution in [0.2, 0.25) is 0 Å². The number of carbonyl (C=O) groups is 2. The summed E-state index contributed by atoms with van der Waals surface area (Å²) >= 11 is 0. The number of rotatable bonds is 8. The third-order valence-electron chi connectivity index (χ3n) is 5.47. The van der Waals surface area contributed by atoms with Gasteiger partial charge in [0.2, 0.25) is 0 Å². The lowest BCUT2D eigenvalue weighted by molar-refractivity contribution is -0.140. The van der Waals surface area contributed by atoms with Crippen LogP contribution in [0.1, 0.15) is 35.4 Å². The summed E-state index contributed by atoms with van der Waals surface area (Å²) in [5.41, 5.74) is 1.74. The first-order valence-electron chi connectivity index (χ1n) is 10.8. The molecule has 1 unspecified atom stereocenters. The Bertz CT molecular complexity index is 1540. The summed E-state index contributed by atoms with van der Waals surface area (Å²) in [6.45, 7) is 1.67. The molecule has 0 saturated heterocycles. The second-order valence-corrected chi connectivity index (χ2v) is 9.95. The van der Waals surface area contributed by atoms with Crippen LogP contribution in [-0.2, 0) is 19.4 Å². The number of hydrogen-bond donors (Lipinski definition) is 1. The molecule has 1 atom stereocenters. The van der Waals surface area contributed by atoms with Crippen molar-refractivity contribution >= 4 is 32.6 Å². The van der Waals surface area contributed by atoms with E-state index >= 15 is 0 Å². The average molecular weight is 512 g/mol. The normalized spacial score (nSPS) is 12.3. The number of halogens is 1. The third-order valence-corrected chi connectivity index (χ3v) is 7.08. The maximum atomic E-state index is 13.3. The predicted octanol–water partition coefficient (Wildman–Crippen LogP) is 2.78. The molecule has 36 heavy (non-hydrogen) atoms. The summed E-state index contributed by atoms with van der Waals surface area (Å²) in [6.07, 6.45) is 4.19. The molecule has 1 aromatic carbocycles. The van der Waals surface area contributed by atoms with E-state index in [0.29, 0.717) is 22.3 Å². The third kappa shape index (κ3) is 5.23. The minimum atomic E-state index is -3.83. The van der Waals surface area contributed by atoms with E-state index in [0.717, 1.165) is 0 Å². The molecule has 1 N–H and O–H groups in total. The van der Waals surface area contributed by atoms with Crippen molar-refractivity contribution in [2.45, 2.75) is 24.4 Å². The van der Waals surface area contributed by atoms with Gasteiger partial charge in [-0.2, -0.15) is 5.10 Å². The van der Waals surface area contributed by atoms with E-state index in [-0.39, 0.29) is 22.8 Å². The summed E-state index contributed by atoms with van der Waals surface area (Å²) in [4.78, 5) is 32.8. The predicted molar refractivity (Wildman–Crippen MR) is 128 cm³/mol. The minimum absolute atomic E-state index is 0.200. The number of amides is 1. The van der Waals surface area contributed by atoms with Crippen molar-refractivity contribution < 1.29 is 27.1 Å². The number of benzene rings is 1. The molecule has 3 aromatic heterocycles. The Balaban J connectivity index is 1.55. The quantitative estimate of drug-likeness (QED) is 0.357. The number of sulfone groups is 1. The number of ether oxygens (including phenoxy) is 1.